The maximum atomic E-state index is 15.6. The first-order valence-electron chi connectivity index (χ1n) is 9.66. The fourth-order valence-corrected chi connectivity index (χ4v) is 4.37. The Morgan fingerprint density at radius 1 is 1.13 bits per heavy atom. The zero-order valence-corrected chi connectivity index (χ0v) is 16.9. The lowest BCUT2D eigenvalue weighted by atomic mass is 10.0. The van der Waals surface area contributed by atoms with E-state index in [1.165, 1.54) is 12.4 Å². The molecule has 5 nitrogen and oxygen atoms in total. The second kappa shape index (κ2) is 7.41. The molecule has 0 amide bonds. The van der Waals surface area contributed by atoms with Gasteiger partial charge in [-0.3, -0.25) is 4.98 Å². The van der Waals surface area contributed by atoms with E-state index in [0.717, 1.165) is 19.5 Å². The molecular formula is C22H18ClF2N5. The van der Waals surface area contributed by atoms with Crippen LogP contribution in [0.25, 0.3) is 32.9 Å². The molecule has 4 aromatic rings. The first-order chi connectivity index (χ1) is 14.6. The molecule has 152 valence electrons. The standard InChI is InChI=1S/C22H18ClF2N5/c1-30(13-7-8-26-9-13)22-15-10-27-20(19(25)21(15)28-11-29-22)14-4-2-3-12-5-6-16(24)18(23)17(12)14/h2-6,10-11,13,26H,7-9H2,1H3. The Labute approximate surface area is 176 Å². The molecule has 1 atom stereocenters. The van der Waals surface area contributed by atoms with Crippen LogP contribution in [-0.2, 0) is 0 Å². The van der Waals surface area contributed by atoms with Gasteiger partial charge in [0, 0.05) is 36.8 Å². The Morgan fingerprint density at radius 3 is 2.80 bits per heavy atom. The summed E-state index contributed by atoms with van der Waals surface area (Å²) in [5.74, 6) is -0.509. The van der Waals surface area contributed by atoms with Gasteiger partial charge in [-0.1, -0.05) is 35.9 Å². The van der Waals surface area contributed by atoms with Crippen LogP contribution in [0.4, 0.5) is 14.6 Å². The molecular weight excluding hydrogens is 408 g/mol. The lowest BCUT2D eigenvalue weighted by Gasteiger charge is -2.25. The van der Waals surface area contributed by atoms with Gasteiger partial charge < -0.3 is 10.2 Å². The Kier molecular flexibility index (Phi) is 4.72. The molecule has 1 fully saturated rings. The van der Waals surface area contributed by atoms with Crippen LogP contribution in [0.5, 0.6) is 0 Å². The highest BCUT2D eigenvalue weighted by Crippen LogP contribution is 2.37. The van der Waals surface area contributed by atoms with E-state index >= 15 is 4.39 Å². The number of nitrogens with one attached hydrogen (secondary N) is 1. The van der Waals surface area contributed by atoms with Crippen LogP contribution in [0, 0.1) is 11.6 Å². The van der Waals surface area contributed by atoms with E-state index in [9.17, 15) is 4.39 Å². The third-order valence-electron chi connectivity index (χ3n) is 5.71. The summed E-state index contributed by atoms with van der Waals surface area (Å²) in [4.78, 5) is 15.0. The monoisotopic (exact) mass is 425 g/mol. The van der Waals surface area contributed by atoms with Crippen molar-refractivity contribution in [3.05, 3.63) is 59.5 Å². The first kappa shape index (κ1) is 19.1. The van der Waals surface area contributed by atoms with Crippen molar-refractivity contribution in [2.75, 3.05) is 25.0 Å². The molecule has 1 saturated heterocycles. The van der Waals surface area contributed by atoms with Gasteiger partial charge in [-0.15, -0.1) is 0 Å². The molecule has 1 aliphatic rings. The highest BCUT2D eigenvalue weighted by atomic mass is 35.5. The summed E-state index contributed by atoms with van der Waals surface area (Å²) in [6.45, 7) is 1.78. The van der Waals surface area contributed by atoms with Crippen LogP contribution in [0.3, 0.4) is 0 Å². The second-order valence-electron chi connectivity index (χ2n) is 7.40. The molecule has 0 bridgehead atoms. The predicted molar refractivity (Wildman–Crippen MR) is 115 cm³/mol. The van der Waals surface area contributed by atoms with Crippen LogP contribution in [-0.4, -0.2) is 41.1 Å². The highest BCUT2D eigenvalue weighted by molar-refractivity contribution is 6.36. The SMILES string of the molecule is CN(c1ncnc2c(F)c(-c3cccc4ccc(F)c(Cl)c34)ncc12)C1CCNC1. The quantitative estimate of drug-likeness (QED) is 0.521. The molecule has 3 heterocycles. The minimum Gasteiger partial charge on any atom is -0.355 e. The summed E-state index contributed by atoms with van der Waals surface area (Å²) < 4.78 is 29.7. The third kappa shape index (κ3) is 2.97. The molecule has 2 aromatic heterocycles. The number of pyridine rings is 1. The molecule has 0 aliphatic carbocycles. The Hall–Kier alpha value is -2.90. The smallest absolute Gasteiger partial charge is 0.175 e. The van der Waals surface area contributed by atoms with Crippen LogP contribution < -0.4 is 10.2 Å². The van der Waals surface area contributed by atoms with E-state index in [2.05, 4.69) is 20.3 Å². The molecule has 2 aromatic carbocycles. The van der Waals surface area contributed by atoms with Crippen molar-refractivity contribution >= 4 is 39.1 Å². The predicted octanol–water partition coefficient (Wildman–Crippen LogP) is 4.57. The third-order valence-corrected chi connectivity index (χ3v) is 6.08. The normalized spacial score (nSPS) is 16.5. The number of halogens is 3. The molecule has 5 rings (SSSR count). The van der Waals surface area contributed by atoms with Gasteiger partial charge in [-0.25, -0.2) is 18.7 Å². The number of rotatable bonds is 3. The first-order valence-corrected chi connectivity index (χ1v) is 10.0. The van der Waals surface area contributed by atoms with Gasteiger partial charge >= 0.3 is 0 Å². The summed E-state index contributed by atoms with van der Waals surface area (Å²) >= 11 is 6.23. The van der Waals surface area contributed by atoms with E-state index in [1.807, 2.05) is 11.9 Å². The van der Waals surface area contributed by atoms with Crippen LogP contribution in [0.1, 0.15) is 6.42 Å². The van der Waals surface area contributed by atoms with Crippen molar-refractivity contribution in [3.8, 4) is 11.3 Å². The fraction of sp³-hybridized carbons (Fsp3) is 0.227. The number of likely N-dealkylation sites (N-methyl/N-ethyl adjacent to an activating group) is 1. The van der Waals surface area contributed by atoms with Crippen molar-refractivity contribution in [2.45, 2.75) is 12.5 Å². The molecule has 0 radical (unpaired) electrons. The number of hydrogen-bond acceptors (Lipinski definition) is 5. The van der Waals surface area contributed by atoms with Crippen LogP contribution in [0.2, 0.25) is 5.02 Å². The molecule has 0 spiro atoms. The molecule has 30 heavy (non-hydrogen) atoms. The maximum absolute atomic E-state index is 15.6. The minimum atomic E-state index is -0.582. The summed E-state index contributed by atoms with van der Waals surface area (Å²) in [6.07, 6.45) is 3.92. The van der Waals surface area contributed by atoms with E-state index in [-0.39, 0.29) is 22.3 Å². The van der Waals surface area contributed by atoms with Gasteiger partial charge in [0.15, 0.2) is 5.82 Å². The van der Waals surface area contributed by atoms with E-state index in [0.29, 0.717) is 27.5 Å². The van der Waals surface area contributed by atoms with Gasteiger partial charge in [0.2, 0.25) is 0 Å². The minimum absolute atomic E-state index is 0.0544. The summed E-state index contributed by atoms with van der Waals surface area (Å²) in [5.41, 5.74) is 0.674. The van der Waals surface area contributed by atoms with E-state index in [1.54, 1.807) is 30.5 Å². The number of hydrogen-bond donors (Lipinski definition) is 1. The zero-order chi connectivity index (χ0) is 20.8. The summed E-state index contributed by atoms with van der Waals surface area (Å²) in [5, 5.41) is 4.93. The number of benzene rings is 2. The molecule has 1 N–H and O–H groups in total. The lowest BCUT2D eigenvalue weighted by Crippen LogP contribution is -2.34. The average Bonchev–Trinajstić information content (AvgIpc) is 3.31. The Morgan fingerprint density at radius 2 is 2.00 bits per heavy atom. The van der Waals surface area contributed by atoms with Crippen molar-refractivity contribution in [3.63, 3.8) is 0 Å². The van der Waals surface area contributed by atoms with E-state index in [4.69, 9.17) is 11.6 Å². The molecule has 0 saturated carbocycles. The Bertz CT molecular complexity index is 1270. The van der Waals surface area contributed by atoms with Gasteiger partial charge in [-0.05, 0) is 24.4 Å². The van der Waals surface area contributed by atoms with Crippen molar-refractivity contribution in [1.82, 2.24) is 20.3 Å². The molecule has 8 heteroatoms. The number of fused-ring (bicyclic) bond motifs is 2. The topological polar surface area (TPSA) is 53.9 Å². The van der Waals surface area contributed by atoms with Crippen LogP contribution in [0.15, 0.2) is 42.9 Å². The van der Waals surface area contributed by atoms with Gasteiger partial charge in [0.05, 0.1) is 10.4 Å². The number of nitrogens with zero attached hydrogens (tertiary/aromatic N) is 4. The fourth-order valence-electron chi connectivity index (χ4n) is 4.10. The number of anilines is 1. The molecule has 1 aliphatic heterocycles. The second-order valence-corrected chi connectivity index (χ2v) is 7.78. The largest absolute Gasteiger partial charge is 0.355 e. The maximum Gasteiger partial charge on any atom is 0.175 e. The van der Waals surface area contributed by atoms with E-state index < -0.39 is 11.6 Å². The zero-order valence-electron chi connectivity index (χ0n) is 16.2. The summed E-state index contributed by atoms with van der Waals surface area (Å²) in [7, 11) is 1.94. The molecule has 1 unspecified atom stereocenters. The highest BCUT2D eigenvalue weighted by Gasteiger charge is 2.24. The van der Waals surface area contributed by atoms with Crippen molar-refractivity contribution < 1.29 is 8.78 Å². The summed E-state index contributed by atoms with van der Waals surface area (Å²) in [6, 6.07) is 8.43. The van der Waals surface area contributed by atoms with Crippen molar-refractivity contribution in [2.24, 2.45) is 0 Å². The lowest BCUT2D eigenvalue weighted by molar-refractivity contribution is 0.629. The van der Waals surface area contributed by atoms with Crippen LogP contribution >= 0.6 is 11.6 Å². The van der Waals surface area contributed by atoms with Crippen molar-refractivity contribution in [1.29, 1.82) is 0 Å². The number of aromatic nitrogens is 3. The van der Waals surface area contributed by atoms with Gasteiger partial charge in [0.1, 0.15) is 29.2 Å². The Balaban J connectivity index is 1.71. The average molecular weight is 426 g/mol. The van der Waals surface area contributed by atoms with Gasteiger partial charge in [0.25, 0.3) is 0 Å². The van der Waals surface area contributed by atoms with Gasteiger partial charge in [-0.2, -0.15) is 0 Å².